The maximum atomic E-state index is 12.1. The van der Waals surface area contributed by atoms with E-state index >= 15 is 0 Å². The van der Waals surface area contributed by atoms with Crippen molar-refractivity contribution in [1.82, 2.24) is 9.71 Å². The molecular weight excluding hydrogens is 282 g/mol. The van der Waals surface area contributed by atoms with Gasteiger partial charge in [-0.25, -0.2) is 18.1 Å². The summed E-state index contributed by atoms with van der Waals surface area (Å²) in [5, 5.41) is 10.6. The number of sulfonamides is 1. The van der Waals surface area contributed by atoms with Crippen molar-refractivity contribution in [1.29, 1.82) is 5.26 Å². The average Bonchev–Trinajstić information content (AvgIpc) is 2.93. The molecule has 98 valence electrons. The van der Waals surface area contributed by atoms with E-state index in [9.17, 15) is 8.42 Å². The molecule has 0 aliphatic rings. The maximum Gasteiger partial charge on any atom is 0.258 e. The second kappa shape index (κ2) is 5.93. The third-order valence-electron chi connectivity index (χ3n) is 2.39. The van der Waals surface area contributed by atoms with Crippen LogP contribution in [0.15, 0.2) is 46.9 Å². The number of rotatable bonds is 5. The molecule has 0 aliphatic carbocycles. The number of hydrogen-bond donors (Lipinski definition) is 1. The lowest BCUT2D eigenvalue weighted by atomic mass is 10.2. The van der Waals surface area contributed by atoms with Crippen molar-refractivity contribution in [2.24, 2.45) is 0 Å². The van der Waals surface area contributed by atoms with Crippen LogP contribution >= 0.6 is 11.3 Å². The van der Waals surface area contributed by atoms with Gasteiger partial charge < -0.3 is 0 Å². The fraction of sp³-hybridized carbons (Fsp3) is 0.167. The van der Waals surface area contributed by atoms with Crippen LogP contribution in [0, 0.1) is 11.3 Å². The maximum absolute atomic E-state index is 12.1. The Morgan fingerprint density at radius 2 is 2.21 bits per heavy atom. The van der Waals surface area contributed by atoms with Crippen LogP contribution in [-0.2, 0) is 10.0 Å². The number of aromatic nitrogens is 1. The van der Waals surface area contributed by atoms with Crippen LogP contribution in [0.25, 0.3) is 0 Å². The summed E-state index contributed by atoms with van der Waals surface area (Å²) < 4.78 is 26.8. The van der Waals surface area contributed by atoms with Crippen LogP contribution in [0.4, 0.5) is 0 Å². The van der Waals surface area contributed by atoms with Gasteiger partial charge in [-0.05, 0) is 23.6 Å². The van der Waals surface area contributed by atoms with Gasteiger partial charge in [0.2, 0.25) is 0 Å². The summed E-state index contributed by atoms with van der Waals surface area (Å²) in [5.74, 6) is 0. The van der Waals surface area contributed by atoms with Crippen LogP contribution in [0.5, 0.6) is 0 Å². The van der Waals surface area contributed by atoms with Crippen molar-refractivity contribution in [2.75, 3.05) is 0 Å². The molecule has 1 N–H and O–H groups in total. The Labute approximate surface area is 115 Å². The summed E-state index contributed by atoms with van der Waals surface area (Å²) in [6.45, 7) is 0. The molecule has 1 unspecified atom stereocenters. The molecule has 0 saturated heterocycles. The molecular formula is C12H11N3O2S2. The second-order valence-corrected chi connectivity index (χ2v) is 6.36. The normalized spacial score (nSPS) is 12.8. The van der Waals surface area contributed by atoms with E-state index in [1.807, 2.05) is 17.5 Å². The minimum Gasteiger partial charge on any atom is -0.243 e. The van der Waals surface area contributed by atoms with Crippen molar-refractivity contribution < 1.29 is 8.42 Å². The number of thiophene rings is 1. The molecule has 2 aromatic rings. The molecule has 2 heterocycles. The summed E-state index contributed by atoms with van der Waals surface area (Å²) >= 11 is 1.41. The van der Waals surface area contributed by atoms with Gasteiger partial charge in [0.25, 0.3) is 10.0 Å². The van der Waals surface area contributed by atoms with Gasteiger partial charge in [-0.15, -0.1) is 11.3 Å². The molecule has 0 saturated carbocycles. The topological polar surface area (TPSA) is 82.9 Å². The fourth-order valence-corrected chi connectivity index (χ4v) is 3.55. The van der Waals surface area contributed by atoms with Crippen molar-refractivity contribution >= 4 is 21.4 Å². The molecule has 0 spiro atoms. The first-order valence-electron chi connectivity index (χ1n) is 5.47. The van der Waals surface area contributed by atoms with Crippen molar-refractivity contribution in [3.63, 3.8) is 0 Å². The zero-order valence-corrected chi connectivity index (χ0v) is 11.5. The highest BCUT2D eigenvalue weighted by atomic mass is 32.2. The Morgan fingerprint density at radius 3 is 2.79 bits per heavy atom. The molecule has 2 aromatic heterocycles. The van der Waals surface area contributed by atoms with Crippen molar-refractivity contribution in [3.05, 3.63) is 46.8 Å². The monoisotopic (exact) mass is 293 g/mol. The van der Waals surface area contributed by atoms with Gasteiger partial charge in [0.1, 0.15) is 0 Å². The van der Waals surface area contributed by atoms with Gasteiger partial charge in [-0.2, -0.15) is 5.26 Å². The van der Waals surface area contributed by atoms with E-state index in [0.717, 1.165) is 4.88 Å². The highest BCUT2D eigenvalue weighted by Gasteiger charge is 2.22. The predicted octanol–water partition coefficient (Wildman–Crippen LogP) is 2.08. The highest BCUT2D eigenvalue weighted by Crippen LogP contribution is 2.23. The summed E-state index contributed by atoms with van der Waals surface area (Å²) in [4.78, 5) is 4.62. The largest absolute Gasteiger partial charge is 0.258 e. The van der Waals surface area contributed by atoms with Crippen LogP contribution in [-0.4, -0.2) is 13.4 Å². The summed E-state index contributed by atoms with van der Waals surface area (Å²) in [5.41, 5.74) is 0. The smallest absolute Gasteiger partial charge is 0.243 e. The lowest BCUT2D eigenvalue weighted by Crippen LogP contribution is -2.28. The van der Waals surface area contributed by atoms with Gasteiger partial charge in [-0.1, -0.05) is 12.1 Å². The van der Waals surface area contributed by atoms with E-state index in [1.54, 1.807) is 18.2 Å². The second-order valence-electron chi connectivity index (χ2n) is 3.72. The molecule has 0 aliphatic heterocycles. The molecule has 2 rings (SSSR count). The van der Waals surface area contributed by atoms with Crippen molar-refractivity contribution in [2.45, 2.75) is 17.5 Å². The highest BCUT2D eigenvalue weighted by molar-refractivity contribution is 7.89. The van der Waals surface area contributed by atoms with Gasteiger partial charge >= 0.3 is 0 Å². The lowest BCUT2D eigenvalue weighted by molar-refractivity contribution is 0.557. The third kappa shape index (κ3) is 3.38. The first-order valence-corrected chi connectivity index (χ1v) is 7.83. The number of nitriles is 1. The fourth-order valence-electron chi connectivity index (χ4n) is 1.53. The Hall–Kier alpha value is -1.75. The van der Waals surface area contributed by atoms with E-state index in [1.165, 1.54) is 23.6 Å². The molecule has 0 fully saturated rings. The Bertz CT molecular complexity index is 661. The van der Waals surface area contributed by atoms with Crippen LogP contribution < -0.4 is 4.72 Å². The van der Waals surface area contributed by atoms with Gasteiger partial charge in [0, 0.05) is 11.1 Å². The Morgan fingerprint density at radius 1 is 1.37 bits per heavy atom. The molecule has 0 aromatic carbocycles. The van der Waals surface area contributed by atoms with E-state index in [4.69, 9.17) is 5.26 Å². The molecule has 7 heteroatoms. The standard InChI is InChI=1S/C12H11N3O2S2/c13-7-6-10(11-4-3-9-18-11)15-19(16,17)12-5-1-2-8-14-12/h1-5,8-10,15H,6H2. The van der Waals surface area contributed by atoms with E-state index in [0.29, 0.717) is 0 Å². The molecule has 0 amide bonds. The first kappa shape index (κ1) is 13.7. The SMILES string of the molecule is N#CCC(NS(=O)(=O)c1ccccn1)c1cccs1. The van der Waals surface area contributed by atoms with Crippen LogP contribution in [0.3, 0.4) is 0 Å². The number of pyridine rings is 1. The van der Waals surface area contributed by atoms with E-state index < -0.39 is 16.1 Å². The van der Waals surface area contributed by atoms with Crippen LogP contribution in [0.2, 0.25) is 0 Å². The minimum absolute atomic E-state index is 0.0468. The molecule has 5 nitrogen and oxygen atoms in total. The number of nitrogens with zero attached hydrogens (tertiary/aromatic N) is 2. The van der Waals surface area contributed by atoms with Gasteiger partial charge in [0.05, 0.1) is 18.5 Å². The van der Waals surface area contributed by atoms with E-state index in [2.05, 4.69) is 9.71 Å². The lowest BCUT2D eigenvalue weighted by Gasteiger charge is -2.14. The zero-order valence-electron chi connectivity index (χ0n) is 9.85. The Balaban J connectivity index is 2.25. The van der Waals surface area contributed by atoms with Gasteiger partial charge in [-0.3, -0.25) is 0 Å². The summed E-state index contributed by atoms with van der Waals surface area (Å²) in [6.07, 6.45) is 1.49. The first-order chi connectivity index (χ1) is 9.13. The Kier molecular flexibility index (Phi) is 4.27. The quantitative estimate of drug-likeness (QED) is 0.914. The minimum atomic E-state index is -3.71. The number of nitrogens with one attached hydrogen (secondary N) is 1. The summed E-state index contributed by atoms with van der Waals surface area (Å²) in [6, 6.07) is 9.73. The number of hydrogen-bond acceptors (Lipinski definition) is 5. The zero-order chi connectivity index (χ0) is 13.7. The molecule has 19 heavy (non-hydrogen) atoms. The molecule has 0 bridgehead atoms. The third-order valence-corrected chi connectivity index (χ3v) is 4.77. The molecule has 0 radical (unpaired) electrons. The molecule has 1 atom stereocenters. The summed E-state index contributed by atoms with van der Waals surface area (Å²) in [7, 11) is -3.71. The van der Waals surface area contributed by atoms with Crippen LogP contribution in [0.1, 0.15) is 17.3 Å². The van der Waals surface area contributed by atoms with Gasteiger partial charge in [0.15, 0.2) is 5.03 Å². The van der Waals surface area contributed by atoms with E-state index in [-0.39, 0.29) is 11.4 Å². The van der Waals surface area contributed by atoms with Crippen molar-refractivity contribution in [3.8, 4) is 6.07 Å². The predicted molar refractivity (Wildman–Crippen MR) is 71.8 cm³/mol. The average molecular weight is 293 g/mol.